The van der Waals surface area contributed by atoms with Gasteiger partial charge in [-0.15, -0.1) is 0 Å². The fourth-order valence-electron chi connectivity index (χ4n) is 5.03. The summed E-state index contributed by atoms with van der Waals surface area (Å²) in [6, 6.07) is 0. The largest absolute Gasteiger partial charge is 0.472 e. The van der Waals surface area contributed by atoms with Crippen molar-refractivity contribution in [2.75, 3.05) is 33.0 Å². The van der Waals surface area contributed by atoms with E-state index in [4.69, 9.17) is 28.9 Å². The van der Waals surface area contributed by atoms with Gasteiger partial charge in [-0.3, -0.25) is 23.2 Å². The number of aliphatic hydroxyl groups is 2. The van der Waals surface area contributed by atoms with Crippen molar-refractivity contribution in [1.29, 1.82) is 0 Å². The molecule has 3 atom stereocenters. The number of aliphatic hydroxyl groups excluding tert-OH is 2. The van der Waals surface area contributed by atoms with Crippen LogP contribution >= 0.6 is 15.6 Å². The van der Waals surface area contributed by atoms with Gasteiger partial charge >= 0.3 is 27.6 Å². The van der Waals surface area contributed by atoms with Crippen LogP contribution in [0.15, 0.2) is 85.1 Å². The Kier molecular flexibility index (Phi) is 38.5. The summed E-state index contributed by atoms with van der Waals surface area (Å²) in [6.07, 6.45) is 43.1. The van der Waals surface area contributed by atoms with Crippen LogP contribution in [0, 0.1) is 0 Å². The quantitative estimate of drug-likeness (QED) is 0.0168. The van der Waals surface area contributed by atoms with Gasteiger partial charge in [0.05, 0.1) is 19.8 Å². The number of esters is 2. The molecule has 1 unspecified atom stereocenters. The molecule has 14 nitrogen and oxygen atoms in total. The first-order chi connectivity index (χ1) is 28.9. The highest BCUT2D eigenvalue weighted by atomic mass is 31.2. The van der Waals surface area contributed by atoms with E-state index >= 15 is 0 Å². The van der Waals surface area contributed by atoms with Gasteiger partial charge in [-0.25, -0.2) is 9.13 Å². The van der Waals surface area contributed by atoms with E-state index in [1.54, 1.807) is 0 Å². The van der Waals surface area contributed by atoms with E-state index in [0.717, 1.165) is 77.0 Å². The smallest absolute Gasteiger partial charge is 0.462 e. The van der Waals surface area contributed by atoms with Crippen LogP contribution in [0.3, 0.4) is 0 Å². The zero-order chi connectivity index (χ0) is 44.4. The number of carbonyl (C=O) groups excluding carboxylic acids is 2. The zero-order valence-electron chi connectivity index (χ0n) is 35.7. The molecule has 0 rings (SSSR count). The van der Waals surface area contributed by atoms with Crippen LogP contribution in [-0.4, -0.2) is 82.1 Å². The van der Waals surface area contributed by atoms with Gasteiger partial charge in [0.1, 0.15) is 12.7 Å². The number of phosphoric ester groups is 2. The molecule has 0 aliphatic rings. The van der Waals surface area contributed by atoms with Crippen molar-refractivity contribution in [3.05, 3.63) is 85.1 Å². The third kappa shape index (κ3) is 43.4. The topological polar surface area (TPSA) is 216 Å². The minimum atomic E-state index is -4.88. The Morgan fingerprint density at radius 2 is 0.950 bits per heavy atom. The standard InChI is InChI=1S/C44H74O14P2/c1-2-3-4-5-6-7-8-9-13-17-20-23-26-29-32-35-44(48)58-42(40-57-60(52,53)56-38-41(46)37-55-59(49,50)51)39-54-43(47)34-31-28-25-22-19-16-14-11-10-12-15-18-21-24-27-30-33-36-45/h6-7,9-10,12-14,16,18,20-23,25,41-42,45-46H,2-5,8,11,15,17,19,24,26-40H2,1H3,(H,52,53)(H2,49,50,51)/b7-6-,12-10-,13-9-,16-14-,21-18-,23-20-,25-22-/t41-,42+/m0/s1. The second-order valence-corrected chi connectivity index (χ2v) is 16.7. The maximum atomic E-state index is 12.6. The first-order valence-corrected chi connectivity index (χ1v) is 24.4. The molecule has 0 fully saturated rings. The number of ether oxygens (including phenoxy) is 2. The molecule has 0 spiro atoms. The minimum absolute atomic E-state index is 0.0609. The first kappa shape index (κ1) is 57.3. The lowest BCUT2D eigenvalue weighted by molar-refractivity contribution is -0.161. The summed E-state index contributed by atoms with van der Waals surface area (Å²) in [5, 5.41) is 18.5. The highest BCUT2D eigenvalue weighted by molar-refractivity contribution is 7.47. The van der Waals surface area contributed by atoms with Crippen molar-refractivity contribution in [2.24, 2.45) is 0 Å². The first-order valence-electron chi connectivity index (χ1n) is 21.4. The average molecular weight is 889 g/mol. The molecule has 0 aliphatic carbocycles. The number of unbranched alkanes of at least 4 members (excludes halogenated alkanes) is 9. The monoisotopic (exact) mass is 888 g/mol. The van der Waals surface area contributed by atoms with Crippen molar-refractivity contribution >= 4 is 27.6 Å². The third-order valence-corrected chi connectivity index (χ3v) is 9.74. The highest BCUT2D eigenvalue weighted by Crippen LogP contribution is 2.43. The van der Waals surface area contributed by atoms with Crippen molar-refractivity contribution in [1.82, 2.24) is 0 Å². The fraction of sp³-hybridized carbons (Fsp3) is 0.636. The molecule has 0 amide bonds. The van der Waals surface area contributed by atoms with E-state index in [1.807, 2.05) is 12.2 Å². The molecule has 60 heavy (non-hydrogen) atoms. The van der Waals surface area contributed by atoms with E-state index in [0.29, 0.717) is 19.3 Å². The Morgan fingerprint density at radius 3 is 1.45 bits per heavy atom. The molecule has 0 aromatic heterocycles. The Morgan fingerprint density at radius 1 is 0.517 bits per heavy atom. The lowest BCUT2D eigenvalue weighted by Gasteiger charge is -2.20. The Balaban J connectivity index is 4.69. The molecule has 0 aromatic rings. The van der Waals surface area contributed by atoms with Gasteiger partial charge in [-0.2, -0.15) is 0 Å². The number of carbonyl (C=O) groups is 2. The normalized spacial score (nSPS) is 14.8. The number of phosphoric acid groups is 2. The predicted molar refractivity (Wildman–Crippen MR) is 236 cm³/mol. The van der Waals surface area contributed by atoms with Crippen molar-refractivity contribution in [2.45, 2.75) is 148 Å². The minimum Gasteiger partial charge on any atom is -0.462 e. The van der Waals surface area contributed by atoms with Crippen LogP contribution in [0.1, 0.15) is 135 Å². The van der Waals surface area contributed by atoms with E-state index in [9.17, 15) is 28.7 Å². The Bertz CT molecular complexity index is 1380. The van der Waals surface area contributed by atoms with Gasteiger partial charge in [0.2, 0.25) is 0 Å². The van der Waals surface area contributed by atoms with Crippen molar-refractivity contribution < 1.29 is 66.7 Å². The Labute approximate surface area is 359 Å². The highest BCUT2D eigenvalue weighted by Gasteiger charge is 2.28. The zero-order valence-corrected chi connectivity index (χ0v) is 37.5. The fourth-order valence-corrected chi connectivity index (χ4v) is 6.19. The summed E-state index contributed by atoms with van der Waals surface area (Å²) >= 11 is 0. The van der Waals surface area contributed by atoms with Crippen LogP contribution < -0.4 is 0 Å². The van der Waals surface area contributed by atoms with Gasteiger partial charge in [0, 0.05) is 19.4 Å². The molecule has 0 saturated carbocycles. The number of allylic oxidation sites excluding steroid dienone is 14. The maximum Gasteiger partial charge on any atom is 0.472 e. The van der Waals surface area contributed by atoms with Crippen LogP contribution in [0.25, 0.3) is 0 Å². The van der Waals surface area contributed by atoms with Gasteiger partial charge < -0.3 is 34.4 Å². The molecule has 344 valence electrons. The van der Waals surface area contributed by atoms with Gasteiger partial charge in [0.15, 0.2) is 6.10 Å². The van der Waals surface area contributed by atoms with Crippen LogP contribution in [0.5, 0.6) is 0 Å². The lowest BCUT2D eigenvalue weighted by Crippen LogP contribution is -2.29. The summed E-state index contributed by atoms with van der Waals surface area (Å²) in [7, 11) is -9.72. The molecule has 5 N–H and O–H groups in total. The third-order valence-electron chi connectivity index (χ3n) is 8.30. The van der Waals surface area contributed by atoms with Crippen LogP contribution in [-0.2, 0) is 41.8 Å². The van der Waals surface area contributed by atoms with Gasteiger partial charge in [-0.1, -0.05) is 111 Å². The second kappa shape index (κ2) is 40.3. The summed E-state index contributed by atoms with van der Waals surface area (Å²) in [4.78, 5) is 52.6. The summed E-state index contributed by atoms with van der Waals surface area (Å²) < 4.78 is 47.6. The van der Waals surface area contributed by atoms with E-state index < -0.39 is 66.2 Å². The number of hydrogen-bond donors (Lipinski definition) is 5. The predicted octanol–water partition coefficient (Wildman–Crippen LogP) is 9.75. The van der Waals surface area contributed by atoms with E-state index in [1.165, 1.54) is 19.3 Å². The molecular formula is C44H74O14P2. The average Bonchev–Trinajstić information content (AvgIpc) is 3.21. The Hall–Kier alpha value is -2.74. The van der Waals surface area contributed by atoms with E-state index in [-0.39, 0.29) is 19.4 Å². The number of hydrogen-bond acceptors (Lipinski definition) is 11. The van der Waals surface area contributed by atoms with E-state index in [2.05, 4.69) is 88.9 Å². The second-order valence-electron chi connectivity index (χ2n) is 14.0. The lowest BCUT2D eigenvalue weighted by atomic mass is 10.1. The summed E-state index contributed by atoms with van der Waals surface area (Å²) in [6.45, 7) is -0.394. The summed E-state index contributed by atoms with van der Waals surface area (Å²) in [5.74, 6) is -1.16. The molecule has 0 bridgehead atoms. The SMILES string of the molecule is CCCCC/C=C\C/C=C\C/C=C\CCCCC(=O)O[C@H](COC(=O)CCC/C=C\C/C=C\C/C=C\C/C=C\CCCCCO)COP(=O)(O)OC[C@@H](O)COP(=O)(O)O. The van der Waals surface area contributed by atoms with Gasteiger partial charge in [-0.05, 0) is 96.3 Å². The molecule has 0 saturated heterocycles. The molecule has 0 heterocycles. The molecule has 0 aliphatic heterocycles. The molecular weight excluding hydrogens is 814 g/mol. The van der Waals surface area contributed by atoms with Crippen molar-refractivity contribution in [3.63, 3.8) is 0 Å². The van der Waals surface area contributed by atoms with Gasteiger partial charge in [0.25, 0.3) is 0 Å². The van der Waals surface area contributed by atoms with Crippen molar-refractivity contribution in [3.8, 4) is 0 Å². The number of rotatable bonds is 40. The van der Waals surface area contributed by atoms with Crippen LogP contribution in [0.2, 0.25) is 0 Å². The maximum absolute atomic E-state index is 12.6. The molecule has 0 aromatic carbocycles. The molecule has 16 heteroatoms. The summed E-state index contributed by atoms with van der Waals surface area (Å²) in [5.41, 5.74) is 0. The molecule has 0 radical (unpaired) electrons. The van der Waals surface area contributed by atoms with Crippen LogP contribution in [0.4, 0.5) is 0 Å².